The first-order valence-corrected chi connectivity index (χ1v) is 5.94. The average Bonchev–Trinajstić information content (AvgIpc) is 2.23. The van der Waals surface area contributed by atoms with E-state index in [2.05, 4.69) is 36.6 Å². The van der Waals surface area contributed by atoms with Gasteiger partial charge < -0.3 is 15.9 Å². The monoisotopic (exact) mass is 314 g/mol. The lowest BCUT2D eigenvalue weighted by Crippen LogP contribution is -2.39. The number of halogens is 1. The van der Waals surface area contributed by atoms with Crippen molar-refractivity contribution >= 4 is 33.6 Å². The third-order valence-electron chi connectivity index (χ3n) is 2.17. The van der Waals surface area contributed by atoms with E-state index in [0.29, 0.717) is 0 Å². The number of anilines is 1. The van der Waals surface area contributed by atoms with E-state index in [0.717, 1.165) is 21.3 Å². The zero-order valence-electron chi connectivity index (χ0n) is 10.4. The van der Waals surface area contributed by atoms with Crippen molar-refractivity contribution in [3.8, 4) is 0 Å². The van der Waals surface area contributed by atoms with Crippen LogP contribution in [0, 0.1) is 13.8 Å². The van der Waals surface area contributed by atoms with E-state index in [1.807, 2.05) is 26.0 Å². The van der Waals surface area contributed by atoms with Gasteiger partial charge in [0.05, 0.1) is 0 Å². The Kier molecular flexibility index (Phi) is 4.96. The zero-order chi connectivity index (χ0) is 13.7. The molecule has 0 saturated heterocycles. The van der Waals surface area contributed by atoms with Crippen molar-refractivity contribution < 1.29 is 9.63 Å². The van der Waals surface area contributed by atoms with Gasteiger partial charge in [-0.15, -0.1) is 0 Å². The maximum absolute atomic E-state index is 11.6. The number of aryl methyl sites for hydroxylation is 2. The van der Waals surface area contributed by atoms with Crippen molar-refractivity contribution in [1.82, 2.24) is 5.32 Å². The molecule has 0 aromatic heterocycles. The normalized spacial score (nSPS) is 11.0. The van der Waals surface area contributed by atoms with Gasteiger partial charge in [-0.1, -0.05) is 15.9 Å². The van der Waals surface area contributed by atoms with Crippen LogP contribution in [0.15, 0.2) is 21.8 Å². The van der Waals surface area contributed by atoms with Gasteiger partial charge in [-0.3, -0.25) is 5.32 Å². The van der Waals surface area contributed by atoms with E-state index in [1.165, 1.54) is 7.11 Å². The smallest absolute Gasteiger partial charge is 0.326 e. The molecule has 98 valence electrons. The molecule has 1 aromatic carbocycles. The van der Waals surface area contributed by atoms with E-state index in [9.17, 15) is 4.79 Å². The van der Waals surface area contributed by atoms with Crippen LogP contribution in [-0.4, -0.2) is 19.1 Å². The van der Waals surface area contributed by atoms with Crippen molar-refractivity contribution in [2.75, 3.05) is 12.4 Å². The highest BCUT2D eigenvalue weighted by Gasteiger charge is 2.09. The van der Waals surface area contributed by atoms with Gasteiger partial charge in [-0.2, -0.15) is 0 Å². The number of nitrogens with two attached hydrogens (primary N) is 1. The molecular weight excluding hydrogens is 300 g/mol. The Morgan fingerprint density at radius 3 is 2.44 bits per heavy atom. The van der Waals surface area contributed by atoms with E-state index in [-0.39, 0.29) is 5.96 Å². The molecule has 0 bridgehead atoms. The summed E-state index contributed by atoms with van der Waals surface area (Å²) in [6.45, 7) is 3.81. The van der Waals surface area contributed by atoms with Crippen LogP contribution < -0.4 is 16.4 Å². The summed E-state index contributed by atoms with van der Waals surface area (Å²) in [6.07, 6.45) is 0. The number of nitrogens with one attached hydrogen (secondary N) is 2. The van der Waals surface area contributed by atoms with E-state index < -0.39 is 6.03 Å². The molecule has 7 heteroatoms. The molecule has 0 radical (unpaired) electrons. The predicted molar refractivity (Wildman–Crippen MR) is 74.4 cm³/mol. The molecule has 0 unspecified atom stereocenters. The molecule has 6 nitrogen and oxygen atoms in total. The molecule has 18 heavy (non-hydrogen) atoms. The molecule has 0 aliphatic rings. The number of urea groups is 1. The molecule has 0 atom stereocenters. The minimum absolute atomic E-state index is 0.109. The molecule has 1 rings (SSSR count). The van der Waals surface area contributed by atoms with Gasteiger partial charge in [-0.25, -0.2) is 4.79 Å². The molecule has 4 N–H and O–H groups in total. The summed E-state index contributed by atoms with van der Waals surface area (Å²) in [5, 5.41) is 8.43. The van der Waals surface area contributed by atoms with Gasteiger partial charge in [0.1, 0.15) is 7.11 Å². The number of carbonyl (C=O) groups excluding carboxylic acids is 1. The molecule has 0 saturated carbocycles. The van der Waals surface area contributed by atoms with E-state index in [4.69, 9.17) is 5.73 Å². The number of hydrogen-bond acceptors (Lipinski definition) is 3. The summed E-state index contributed by atoms with van der Waals surface area (Å²) in [6, 6.07) is 3.35. The summed E-state index contributed by atoms with van der Waals surface area (Å²) in [5.41, 5.74) is 8.01. The van der Waals surface area contributed by atoms with Crippen LogP contribution in [0.1, 0.15) is 11.1 Å². The van der Waals surface area contributed by atoms with Gasteiger partial charge in [0, 0.05) is 10.2 Å². The topological polar surface area (TPSA) is 88.7 Å². The molecule has 0 heterocycles. The zero-order valence-corrected chi connectivity index (χ0v) is 12.0. The number of amides is 2. The first-order chi connectivity index (χ1) is 8.43. The highest BCUT2D eigenvalue weighted by Crippen LogP contribution is 2.24. The maximum Gasteiger partial charge on any atom is 0.326 e. The molecule has 0 spiro atoms. The van der Waals surface area contributed by atoms with Crippen molar-refractivity contribution in [3.05, 3.63) is 27.7 Å². The van der Waals surface area contributed by atoms with Crippen LogP contribution in [0.2, 0.25) is 0 Å². The summed E-state index contributed by atoms with van der Waals surface area (Å²) < 4.78 is 0.962. The Balaban J connectivity index is 2.80. The summed E-state index contributed by atoms with van der Waals surface area (Å²) in [7, 11) is 1.34. The molecule has 2 amide bonds. The van der Waals surface area contributed by atoms with Crippen LogP contribution in [0.4, 0.5) is 10.5 Å². The minimum atomic E-state index is -0.471. The van der Waals surface area contributed by atoms with E-state index >= 15 is 0 Å². The van der Waals surface area contributed by atoms with Crippen LogP contribution in [0.5, 0.6) is 0 Å². The number of guanidine groups is 1. The standard InChI is InChI=1S/C11H15BrN4O2/c1-6-4-8(12)5-7(2)9(6)14-11(17)15-10(13)16-18-3/h4-5H,1-3H3,(H4,13,14,15,16,17). The van der Waals surface area contributed by atoms with Gasteiger partial charge >= 0.3 is 6.03 Å². The number of hydrogen-bond donors (Lipinski definition) is 3. The van der Waals surface area contributed by atoms with Crippen molar-refractivity contribution in [3.63, 3.8) is 0 Å². The third kappa shape index (κ3) is 3.92. The SMILES string of the molecule is CON=C(N)NC(=O)Nc1c(C)cc(Br)cc1C. The second-order valence-corrected chi connectivity index (χ2v) is 4.57. The van der Waals surface area contributed by atoms with Crippen LogP contribution in [-0.2, 0) is 4.84 Å². The Morgan fingerprint density at radius 2 is 1.94 bits per heavy atom. The predicted octanol–water partition coefficient (Wildman–Crippen LogP) is 2.06. The lowest BCUT2D eigenvalue weighted by Gasteiger charge is -2.12. The van der Waals surface area contributed by atoms with Crippen molar-refractivity contribution in [1.29, 1.82) is 0 Å². The summed E-state index contributed by atoms with van der Waals surface area (Å²) in [5.74, 6) is -0.109. The minimum Gasteiger partial charge on any atom is -0.396 e. The number of benzene rings is 1. The molecule has 1 aromatic rings. The number of rotatable bonds is 2. The summed E-state index contributed by atoms with van der Waals surface area (Å²) >= 11 is 3.39. The van der Waals surface area contributed by atoms with Crippen LogP contribution >= 0.6 is 15.9 Å². The second-order valence-electron chi connectivity index (χ2n) is 3.65. The average molecular weight is 315 g/mol. The van der Waals surface area contributed by atoms with Crippen LogP contribution in [0.3, 0.4) is 0 Å². The van der Waals surface area contributed by atoms with Gasteiger partial charge in [0.2, 0.25) is 5.96 Å². The number of carbonyl (C=O) groups is 1. The Bertz CT molecular complexity index is 465. The fraction of sp³-hybridized carbons (Fsp3) is 0.273. The molecular formula is C11H15BrN4O2. The van der Waals surface area contributed by atoms with Gasteiger partial charge in [-0.05, 0) is 42.3 Å². The fourth-order valence-corrected chi connectivity index (χ4v) is 2.18. The highest BCUT2D eigenvalue weighted by molar-refractivity contribution is 9.10. The fourth-order valence-electron chi connectivity index (χ4n) is 1.49. The second kappa shape index (κ2) is 6.25. The number of nitrogens with zero attached hydrogens (tertiary/aromatic N) is 1. The quantitative estimate of drug-likeness (QED) is 0.443. The maximum atomic E-state index is 11.6. The first kappa shape index (κ1) is 14.3. The third-order valence-corrected chi connectivity index (χ3v) is 2.63. The Hall–Kier alpha value is -1.76. The number of oxime groups is 1. The lowest BCUT2D eigenvalue weighted by atomic mass is 10.1. The van der Waals surface area contributed by atoms with Crippen molar-refractivity contribution in [2.45, 2.75) is 13.8 Å². The van der Waals surface area contributed by atoms with Crippen molar-refractivity contribution in [2.24, 2.45) is 10.9 Å². The van der Waals surface area contributed by atoms with Gasteiger partial charge in [0.25, 0.3) is 0 Å². The van der Waals surface area contributed by atoms with E-state index in [1.54, 1.807) is 0 Å². The molecule has 0 aliphatic carbocycles. The molecule has 0 aliphatic heterocycles. The van der Waals surface area contributed by atoms with Gasteiger partial charge in [0.15, 0.2) is 0 Å². The summed E-state index contributed by atoms with van der Waals surface area (Å²) in [4.78, 5) is 16.1. The Morgan fingerprint density at radius 1 is 1.39 bits per heavy atom. The lowest BCUT2D eigenvalue weighted by molar-refractivity contribution is 0.211. The Labute approximate surface area is 114 Å². The first-order valence-electron chi connectivity index (χ1n) is 5.15. The highest BCUT2D eigenvalue weighted by atomic mass is 79.9. The van der Waals surface area contributed by atoms with Crippen LogP contribution in [0.25, 0.3) is 0 Å². The largest absolute Gasteiger partial charge is 0.396 e. The molecule has 0 fully saturated rings.